The first kappa shape index (κ1) is 17.9. The number of carboxylic acids is 1. The molecule has 1 saturated heterocycles. The minimum atomic E-state index is -1.26. The Morgan fingerprint density at radius 1 is 1.29 bits per heavy atom. The van der Waals surface area contributed by atoms with Crippen molar-refractivity contribution in [3.63, 3.8) is 0 Å². The summed E-state index contributed by atoms with van der Waals surface area (Å²) in [6.07, 6.45) is 1.23. The molecule has 1 fully saturated rings. The fraction of sp³-hybridized carbons (Fsp3) is 0.471. The van der Waals surface area contributed by atoms with E-state index >= 15 is 0 Å². The fourth-order valence-electron chi connectivity index (χ4n) is 2.99. The maximum absolute atomic E-state index is 14.1. The van der Waals surface area contributed by atoms with Gasteiger partial charge in [0.1, 0.15) is 11.9 Å². The molecule has 1 unspecified atom stereocenters. The van der Waals surface area contributed by atoms with Gasteiger partial charge in [0.25, 0.3) is 5.91 Å². The standard InChI is InChI=1S/C17H21FN2O4/c1-3-19(4-2)16(22)14-6-5-9-20(14)15(21)12-8-7-11(17(23)24)10-13(12)18/h7-8,10,14H,3-6,9H2,1-2H3,(H,23,24). The number of carbonyl (C=O) groups is 3. The highest BCUT2D eigenvalue weighted by Gasteiger charge is 2.37. The quantitative estimate of drug-likeness (QED) is 0.892. The van der Waals surface area contributed by atoms with Gasteiger partial charge in [-0.05, 0) is 44.9 Å². The van der Waals surface area contributed by atoms with E-state index in [0.717, 1.165) is 6.07 Å². The van der Waals surface area contributed by atoms with Gasteiger partial charge in [-0.3, -0.25) is 9.59 Å². The number of likely N-dealkylation sites (N-methyl/N-ethyl adjacent to an activating group) is 1. The lowest BCUT2D eigenvalue weighted by Crippen LogP contribution is -2.47. The maximum Gasteiger partial charge on any atom is 0.335 e. The molecule has 1 aromatic carbocycles. The highest BCUT2D eigenvalue weighted by atomic mass is 19.1. The molecular weight excluding hydrogens is 315 g/mol. The molecule has 1 aliphatic heterocycles. The van der Waals surface area contributed by atoms with Crippen molar-refractivity contribution in [3.05, 3.63) is 35.1 Å². The van der Waals surface area contributed by atoms with Gasteiger partial charge >= 0.3 is 5.97 Å². The molecule has 24 heavy (non-hydrogen) atoms. The zero-order valence-electron chi connectivity index (χ0n) is 13.8. The van der Waals surface area contributed by atoms with Crippen LogP contribution in [0, 0.1) is 5.82 Å². The third kappa shape index (κ3) is 3.39. The predicted octanol–water partition coefficient (Wildman–Crippen LogP) is 2.00. The van der Waals surface area contributed by atoms with Gasteiger partial charge in [0.2, 0.25) is 5.91 Å². The van der Waals surface area contributed by atoms with Gasteiger partial charge in [-0.15, -0.1) is 0 Å². The first-order chi connectivity index (χ1) is 11.4. The zero-order chi connectivity index (χ0) is 17.9. The summed E-state index contributed by atoms with van der Waals surface area (Å²) >= 11 is 0. The van der Waals surface area contributed by atoms with E-state index in [0.29, 0.717) is 32.5 Å². The van der Waals surface area contributed by atoms with E-state index in [1.807, 2.05) is 13.8 Å². The summed E-state index contributed by atoms with van der Waals surface area (Å²) < 4.78 is 14.1. The molecule has 1 N–H and O–H groups in total. The first-order valence-electron chi connectivity index (χ1n) is 8.03. The van der Waals surface area contributed by atoms with E-state index in [4.69, 9.17) is 5.11 Å². The Hall–Kier alpha value is -2.44. The van der Waals surface area contributed by atoms with Crippen molar-refractivity contribution in [1.29, 1.82) is 0 Å². The van der Waals surface area contributed by atoms with Gasteiger partial charge in [0.05, 0.1) is 11.1 Å². The molecule has 1 aliphatic rings. The average molecular weight is 336 g/mol. The molecule has 130 valence electrons. The Balaban J connectivity index is 2.25. The Bertz CT molecular complexity index is 658. The second-order valence-corrected chi connectivity index (χ2v) is 5.67. The number of hydrogen-bond donors (Lipinski definition) is 1. The van der Waals surface area contributed by atoms with Crippen LogP contribution in [0.1, 0.15) is 47.4 Å². The van der Waals surface area contributed by atoms with Crippen molar-refractivity contribution in [1.82, 2.24) is 9.80 Å². The summed E-state index contributed by atoms with van der Waals surface area (Å²) in [5, 5.41) is 8.87. The molecule has 7 heteroatoms. The topological polar surface area (TPSA) is 77.9 Å². The minimum Gasteiger partial charge on any atom is -0.478 e. The molecule has 0 saturated carbocycles. The summed E-state index contributed by atoms with van der Waals surface area (Å²) in [6, 6.07) is 2.59. The minimum absolute atomic E-state index is 0.131. The van der Waals surface area contributed by atoms with Crippen molar-refractivity contribution in [3.8, 4) is 0 Å². The van der Waals surface area contributed by atoms with Crippen molar-refractivity contribution >= 4 is 17.8 Å². The zero-order valence-corrected chi connectivity index (χ0v) is 13.8. The fourth-order valence-corrected chi connectivity index (χ4v) is 2.99. The molecule has 2 rings (SSSR count). The number of nitrogens with zero attached hydrogens (tertiary/aromatic N) is 2. The number of carboxylic acid groups (broad SMARTS) is 1. The number of halogens is 1. The normalized spacial score (nSPS) is 17.0. The number of benzene rings is 1. The molecule has 0 aliphatic carbocycles. The lowest BCUT2D eigenvalue weighted by Gasteiger charge is -2.29. The number of hydrogen-bond acceptors (Lipinski definition) is 3. The third-order valence-corrected chi connectivity index (χ3v) is 4.32. The smallest absolute Gasteiger partial charge is 0.335 e. The SMILES string of the molecule is CCN(CC)C(=O)C1CCCN1C(=O)c1ccc(C(=O)O)cc1F. The van der Waals surface area contributed by atoms with Crippen LogP contribution in [-0.2, 0) is 4.79 Å². The summed E-state index contributed by atoms with van der Waals surface area (Å²) in [5.74, 6) is -2.86. The Kier molecular flexibility index (Phi) is 5.54. The van der Waals surface area contributed by atoms with Crippen LogP contribution in [0.5, 0.6) is 0 Å². The summed E-state index contributed by atoms with van der Waals surface area (Å²) in [6.45, 7) is 5.22. The van der Waals surface area contributed by atoms with Crippen molar-refractivity contribution in [2.75, 3.05) is 19.6 Å². The van der Waals surface area contributed by atoms with Crippen LogP contribution in [0.3, 0.4) is 0 Å². The van der Waals surface area contributed by atoms with Crippen LogP contribution in [0.15, 0.2) is 18.2 Å². The van der Waals surface area contributed by atoms with E-state index in [9.17, 15) is 18.8 Å². The van der Waals surface area contributed by atoms with Gasteiger partial charge in [-0.2, -0.15) is 0 Å². The highest BCUT2D eigenvalue weighted by Crippen LogP contribution is 2.23. The van der Waals surface area contributed by atoms with E-state index in [2.05, 4.69) is 0 Å². The number of carbonyl (C=O) groups excluding carboxylic acids is 2. The lowest BCUT2D eigenvalue weighted by atomic mass is 10.1. The largest absolute Gasteiger partial charge is 0.478 e. The van der Waals surface area contributed by atoms with Gasteiger partial charge in [-0.25, -0.2) is 9.18 Å². The van der Waals surface area contributed by atoms with E-state index in [1.165, 1.54) is 17.0 Å². The summed E-state index contributed by atoms with van der Waals surface area (Å²) in [7, 11) is 0. The summed E-state index contributed by atoms with van der Waals surface area (Å²) in [5.41, 5.74) is -0.430. The molecule has 0 bridgehead atoms. The molecule has 1 aromatic rings. The Labute approximate surface area is 139 Å². The van der Waals surface area contributed by atoms with Crippen molar-refractivity contribution in [2.45, 2.75) is 32.7 Å². The molecule has 6 nitrogen and oxygen atoms in total. The van der Waals surface area contributed by atoms with Gasteiger partial charge in [0, 0.05) is 19.6 Å². The second kappa shape index (κ2) is 7.42. The lowest BCUT2D eigenvalue weighted by molar-refractivity contribution is -0.134. The molecule has 1 heterocycles. The molecular formula is C17H21FN2O4. The van der Waals surface area contributed by atoms with Crippen LogP contribution >= 0.6 is 0 Å². The number of rotatable bonds is 5. The Morgan fingerprint density at radius 2 is 1.96 bits per heavy atom. The maximum atomic E-state index is 14.1. The second-order valence-electron chi connectivity index (χ2n) is 5.67. The molecule has 2 amide bonds. The van der Waals surface area contributed by atoms with Crippen LogP contribution in [0.4, 0.5) is 4.39 Å². The van der Waals surface area contributed by atoms with E-state index in [-0.39, 0.29) is 17.0 Å². The number of aromatic carboxylic acids is 1. The van der Waals surface area contributed by atoms with Crippen molar-refractivity contribution in [2.24, 2.45) is 0 Å². The van der Waals surface area contributed by atoms with Gasteiger partial charge in [-0.1, -0.05) is 0 Å². The van der Waals surface area contributed by atoms with Crippen LogP contribution < -0.4 is 0 Å². The molecule has 0 radical (unpaired) electrons. The average Bonchev–Trinajstić information content (AvgIpc) is 3.04. The van der Waals surface area contributed by atoms with E-state index in [1.54, 1.807) is 4.90 Å². The monoisotopic (exact) mass is 336 g/mol. The van der Waals surface area contributed by atoms with Crippen LogP contribution in [-0.4, -0.2) is 58.4 Å². The summed E-state index contributed by atoms with van der Waals surface area (Å²) in [4.78, 5) is 39.1. The van der Waals surface area contributed by atoms with Crippen LogP contribution in [0.2, 0.25) is 0 Å². The Morgan fingerprint density at radius 3 is 2.50 bits per heavy atom. The van der Waals surface area contributed by atoms with Crippen LogP contribution in [0.25, 0.3) is 0 Å². The number of amides is 2. The van der Waals surface area contributed by atoms with Gasteiger partial charge in [0.15, 0.2) is 0 Å². The molecule has 0 aromatic heterocycles. The third-order valence-electron chi connectivity index (χ3n) is 4.32. The van der Waals surface area contributed by atoms with Crippen molar-refractivity contribution < 1.29 is 23.9 Å². The van der Waals surface area contributed by atoms with Gasteiger partial charge < -0.3 is 14.9 Å². The first-order valence-corrected chi connectivity index (χ1v) is 8.03. The predicted molar refractivity (Wildman–Crippen MR) is 85.3 cm³/mol. The highest BCUT2D eigenvalue weighted by molar-refractivity contribution is 5.99. The van der Waals surface area contributed by atoms with E-state index < -0.39 is 23.7 Å². The molecule has 0 spiro atoms. The molecule has 1 atom stereocenters. The number of likely N-dealkylation sites (tertiary alicyclic amines) is 1.